The molecule has 0 bridgehead atoms. The lowest BCUT2D eigenvalue weighted by Gasteiger charge is -2.14. The maximum absolute atomic E-state index is 13.6. The highest BCUT2D eigenvalue weighted by atomic mass is 79.9. The van der Waals surface area contributed by atoms with Crippen LogP contribution in [0.5, 0.6) is 5.75 Å². The molecule has 0 saturated heterocycles. The molecule has 0 atom stereocenters. The number of ether oxygens (including phenoxy) is 1. The molecule has 3 aromatic rings. The van der Waals surface area contributed by atoms with Crippen LogP contribution in [0.25, 0.3) is 5.69 Å². The Kier molecular flexibility index (Phi) is 5.13. The van der Waals surface area contributed by atoms with Crippen molar-refractivity contribution < 1.29 is 13.5 Å². The molecule has 3 heterocycles. The molecule has 3 aromatic heterocycles. The van der Waals surface area contributed by atoms with Gasteiger partial charge < -0.3 is 4.74 Å². The van der Waals surface area contributed by atoms with E-state index in [2.05, 4.69) is 25.9 Å². The Labute approximate surface area is 156 Å². The van der Waals surface area contributed by atoms with Crippen molar-refractivity contribution in [2.45, 2.75) is 20.5 Å². The molecule has 3 rings (SSSR count). The quantitative estimate of drug-likeness (QED) is 0.600. The van der Waals surface area contributed by atoms with Gasteiger partial charge in [0.1, 0.15) is 28.5 Å². The molecular weight excluding hydrogens is 408 g/mol. The van der Waals surface area contributed by atoms with Crippen LogP contribution in [0.4, 0.5) is 8.78 Å². The van der Waals surface area contributed by atoms with E-state index in [4.69, 9.17) is 4.74 Å². The third-order valence-electron chi connectivity index (χ3n) is 3.73. The minimum Gasteiger partial charge on any atom is -0.487 e. The second-order valence-electron chi connectivity index (χ2n) is 5.67. The van der Waals surface area contributed by atoms with Crippen molar-refractivity contribution in [3.8, 4) is 11.4 Å². The van der Waals surface area contributed by atoms with Crippen LogP contribution in [0, 0.1) is 25.5 Å². The van der Waals surface area contributed by atoms with E-state index in [0.717, 1.165) is 17.8 Å². The van der Waals surface area contributed by atoms with Gasteiger partial charge in [-0.2, -0.15) is 0 Å². The first-order valence-electron chi connectivity index (χ1n) is 7.64. The maximum atomic E-state index is 13.6. The number of aryl methyl sites for hydroxylation is 2. The van der Waals surface area contributed by atoms with Crippen LogP contribution in [-0.2, 0) is 6.61 Å². The molecule has 0 N–H and O–H groups in total. The van der Waals surface area contributed by atoms with Crippen molar-refractivity contribution >= 4 is 15.9 Å². The molecule has 0 radical (unpaired) electrons. The fourth-order valence-electron chi connectivity index (χ4n) is 2.49. The smallest absolute Gasteiger partial charge is 0.259 e. The molecular formula is C18H14BrF2N3O2. The predicted molar refractivity (Wildman–Crippen MR) is 95.5 cm³/mol. The van der Waals surface area contributed by atoms with Gasteiger partial charge in [0.25, 0.3) is 5.56 Å². The fraction of sp³-hybridized carbons (Fsp3) is 0.167. The summed E-state index contributed by atoms with van der Waals surface area (Å²) in [6.45, 7) is 3.40. The summed E-state index contributed by atoms with van der Waals surface area (Å²) in [4.78, 5) is 20.3. The number of hydrogen-bond acceptors (Lipinski definition) is 4. The number of rotatable bonds is 4. The molecule has 0 amide bonds. The van der Waals surface area contributed by atoms with Gasteiger partial charge in [-0.1, -0.05) is 0 Å². The van der Waals surface area contributed by atoms with E-state index in [1.165, 1.54) is 10.6 Å². The van der Waals surface area contributed by atoms with E-state index in [1.807, 2.05) is 6.92 Å². The summed E-state index contributed by atoms with van der Waals surface area (Å²) in [5, 5.41) is 0. The molecule has 0 aliphatic carbocycles. The number of hydrogen-bond donors (Lipinski definition) is 0. The standard InChI is InChI=1S/C18H14BrF2N3O2/c1-10-7-23-17(19)6-16(10)24-11(2)3-13(5-18(24)25)26-9-15-14(21)4-12(20)8-22-15/h3-8H,9H2,1-2H3. The number of pyridine rings is 3. The van der Waals surface area contributed by atoms with Crippen molar-refractivity contribution in [1.82, 2.24) is 14.5 Å². The molecule has 134 valence electrons. The third-order valence-corrected chi connectivity index (χ3v) is 4.17. The zero-order valence-corrected chi connectivity index (χ0v) is 15.5. The highest BCUT2D eigenvalue weighted by molar-refractivity contribution is 9.10. The molecule has 5 nitrogen and oxygen atoms in total. The van der Waals surface area contributed by atoms with Gasteiger partial charge in [0.2, 0.25) is 0 Å². The van der Waals surface area contributed by atoms with Crippen LogP contribution in [-0.4, -0.2) is 14.5 Å². The maximum Gasteiger partial charge on any atom is 0.259 e. The summed E-state index contributed by atoms with van der Waals surface area (Å²) in [6.07, 6.45) is 2.58. The molecule has 0 aliphatic rings. The highest BCUT2D eigenvalue weighted by Gasteiger charge is 2.11. The number of aromatic nitrogens is 3. The zero-order valence-electron chi connectivity index (χ0n) is 14.0. The molecule has 0 unspecified atom stereocenters. The fourth-order valence-corrected chi connectivity index (χ4v) is 2.81. The van der Waals surface area contributed by atoms with Crippen molar-refractivity contribution in [1.29, 1.82) is 0 Å². The van der Waals surface area contributed by atoms with Crippen molar-refractivity contribution in [2.75, 3.05) is 0 Å². The van der Waals surface area contributed by atoms with E-state index in [-0.39, 0.29) is 23.6 Å². The van der Waals surface area contributed by atoms with Gasteiger partial charge >= 0.3 is 0 Å². The first kappa shape index (κ1) is 18.2. The molecule has 0 spiro atoms. The van der Waals surface area contributed by atoms with E-state index in [1.54, 1.807) is 25.3 Å². The third kappa shape index (κ3) is 3.80. The summed E-state index contributed by atoms with van der Waals surface area (Å²) >= 11 is 3.30. The van der Waals surface area contributed by atoms with Crippen LogP contribution in [0.1, 0.15) is 17.0 Å². The molecule has 0 saturated carbocycles. The largest absolute Gasteiger partial charge is 0.487 e. The van der Waals surface area contributed by atoms with Gasteiger partial charge in [0, 0.05) is 30.1 Å². The topological polar surface area (TPSA) is 57.0 Å². The number of nitrogens with zero attached hydrogens (tertiary/aromatic N) is 3. The van der Waals surface area contributed by atoms with Crippen LogP contribution in [0.3, 0.4) is 0 Å². The Balaban J connectivity index is 1.90. The molecule has 0 fully saturated rings. The lowest BCUT2D eigenvalue weighted by Crippen LogP contribution is -2.21. The lowest BCUT2D eigenvalue weighted by atomic mass is 10.2. The predicted octanol–water partition coefficient (Wildman–Crippen LogP) is 3.86. The summed E-state index contributed by atoms with van der Waals surface area (Å²) < 4.78 is 34.1. The summed E-state index contributed by atoms with van der Waals surface area (Å²) in [5.74, 6) is -1.28. The van der Waals surface area contributed by atoms with E-state index < -0.39 is 11.6 Å². The van der Waals surface area contributed by atoms with Crippen LogP contribution < -0.4 is 10.3 Å². The first-order valence-corrected chi connectivity index (χ1v) is 8.43. The van der Waals surface area contributed by atoms with Gasteiger partial charge in [0.15, 0.2) is 5.82 Å². The van der Waals surface area contributed by atoms with Crippen molar-refractivity contribution in [2.24, 2.45) is 0 Å². The second-order valence-corrected chi connectivity index (χ2v) is 6.48. The van der Waals surface area contributed by atoms with E-state index >= 15 is 0 Å². The summed E-state index contributed by atoms with van der Waals surface area (Å²) in [6, 6.07) is 5.46. The Morgan fingerprint density at radius 1 is 1.12 bits per heavy atom. The summed E-state index contributed by atoms with van der Waals surface area (Å²) in [5.41, 5.74) is 1.84. The second kappa shape index (κ2) is 7.33. The lowest BCUT2D eigenvalue weighted by molar-refractivity contribution is 0.292. The van der Waals surface area contributed by atoms with Gasteiger partial charge in [-0.15, -0.1) is 0 Å². The molecule has 0 aromatic carbocycles. The minimum absolute atomic E-state index is 0.0397. The molecule has 26 heavy (non-hydrogen) atoms. The SMILES string of the molecule is Cc1cnc(Br)cc1-n1c(C)cc(OCc2ncc(F)cc2F)cc1=O. The van der Waals surface area contributed by atoms with Crippen molar-refractivity contribution in [3.63, 3.8) is 0 Å². The van der Waals surface area contributed by atoms with Crippen LogP contribution >= 0.6 is 15.9 Å². The number of halogens is 3. The zero-order chi connectivity index (χ0) is 18.8. The highest BCUT2D eigenvalue weighted by Crippen LogP contribution is 2.20. The van der Waals surface area contributed by atoms with Gasteiger partial charge in [-0.25, -0.2) is 13.8 Å². The normalized spacial score (nSPS) is 10.8. The van der Waals surface area contributed by atoms with E-state index in [9.17, 15) is 13.6 Å². The van der Waals surface area contributed by atoms with Gasteiger partial charge in [-0.3, -0.25) is 14.3 Å². The monoisotopic (exact) mass is 421 g/mol. The van der Waals surface area contributed by atoms with Crippen LogP contribution in [0.15, 0.2) is 46.1 Å². The molecule has 8 heteroatoms. The Morgan fingerprint density at radius 3 is 2.58 bits per heavy atom. The van der Waals surface area contributed by atoms with Gasteiger partial charge in [0.05, 0.1) is 11.9 Å². The Hall–Kier alpha value is -2.61. The van der Waals surface area contributed by atoms with E-state index in [0.29, 0.717) is 16.0 Å². The first-order chi connectivity index (χ1) is 12.3. The van der Waals surface area contributed by atoms with Crippen LogP contribution in [0.2, 0.25) is 0 Å². The van der Waals surface area contributed by atoms with Gasteiger partial charge in [-0.05, 0) is 41.4 Å². The Bertz CT molecular complexity index is 1040. The minimum atomic E-state index is -0.799. The average Bonchev–Trinajstić information content (AvgIpc) is 2.56. The molecule has 0 aliphatic heterocycles. The Morgan fingerprint density at radius 2 is 1.88 bits per heavy atom. The summed E-state index contributed by atoms with van der Waals surface area (Å²) in [7, 11) is 0. The van der Waals surface area contributed by atoms with Crippen molar-refractivity contribution in [3.05, 3.63) is 80.2 Å². The average molecular weight is 422 g/mol.